The van der Waals surface area contributed by atoms with Crippen LogP contribution < -0.4 is 10.2 Å². The third kappa shape index (κ3) is 4.84. The fourth-order valence-corrected chi connectivity index (χ4v) is 3.04. The van der Waals surface area contributed by atoms with Crippen molar-refractivity contribution in [2.24, 2.45) is 5.41 Å². The summed E-state index contributed by atoms with van der Waals surface area (Å²) in [7, 11) is 0. The molecule has 158 valence electrons. The predicted molar refractivity (Wildman–Crippen MR) is 108 cm³/mol. The summed E-state index contributed by atoms with van der Waals surface area (Å²) in [6.45, 7) is 5.55. The first kappa shape index (κ1) is 21.9. The molecule has 0 amide bonds. The Morgan fingerprint density at radius 1 is 1.07 bits per heavy atom. The molecule has 0 radical (unpaired) electrons. The third-order valence-corrected chi connectivity index (χ3v) is 4.41. The molecule has 0 N–H and O–H groups in total. The van der Waals surface area contributed by atoms with Gasteiger partial charge in [-0.05, 0) is 35.2 Å². The van der Waals surface area contributed by atoms with Gasteiger partial charge < -0.3 is 9.15 Å². The number of alkyl halides is 3. The Bertz CT molecular complexity index is 1160. The first-order valence-corrected chi connectivity index (χ1v) is 9.38. The first-order valence-electron chi connectivity index (χ1n) is 9.00. The molecule has 30 heavy (non-hydrogen) atoms. The molecule has 3 rings (SSSR count). The van der Waals surface area contributed by atoms with E-state index >= 15 is 0 Å². The van der Waals surface area contributed by atoms with E-state index in [1.165, 1.54) is 36.4 Å². The van der Waals surface area contributed by atoms with Gasteiger partial charge >= 0.3 is 12.1 Å². The molecular formula is C22H18ClF3O4. The van der Waals surface area contributed by atoms with Crippen molar-refractivity contribution in [3.05, 3.63) is 63.5 Å². The Hall–Kier alpha value is -2.80. The van der Waals surface area contributed by atoms with Crippen molar-refractivity contribution in [1.82, 2.24) is 0 Å². The van der Waals surface area contributed by atoms with E-state index in [9.17, 15) is 22.8 Å². The van der Waals surface area contributed by atoms with Gasteiger partial charge in [0.25, 0.3) is 0 Å². The monoisotopic (exact) mass is 438 g/mol. The van der Waals surface area contributed by atoms with Crippen molar-refractivity contribution in [3.63, 3.8) is 0 Å². The SMILES string of the molecule is CC(C)(C)CC(=O)Oc1ccc2c(=O)c(-c3ccc(Cl)cc3)c(C(F)(F)F)oc2c1. The highest BCUT2D eigenvalue weighted by atomic mass is 35.5. The number of rotatable bonds is 3. The van der Waals surface area contributed by atoms with E-state index in [1.807, 2.05) is 20.8 Å². The zero-order valence-electron chi connectivity index (χ0n) is 16.4. The largest absolute Gasteiger partial charge is 0.450 e. The average Bonchev–Trinajstić information content (AvgIpc) is 2.60. The molecule has 0 bridgehead atoms. The Labute approximate surface area is 175 Å². The molecule has 0 spiro atoms. The average molecular weight is 439 g/mol. The van der Waals surface area contributed by atoms with Crippen molar-refractivity contribution in [2.45, 2.75) is 33.4 Å². The van der Waals surface area contributed by atoms with Crippen molar-refractivity contribution < 1.29 is 27.1 Å². The lowest BCUT2D eigenvalue weighted by molar-refractivity contribution is -0.152. The first-order chi connectivity index (χ1) is 13.8. The van der Waals surface area contributed by atoms with Crippen LogP contribution in [0.15, 0.2) is 51.7 Å². The second-order valence-electron chi connectivity index (χ2n) is 8.01. The summed E-state index contributed by atoms with van der Waals surface area (Å²) in [6, 6.07) is 9.14. The molecule has 0 aliphatic heterocycles. The second kappa shape index (κ2) is 7.80. The van der Waals surface area contributed by atoms with Gasteiger partial charge in [0.2, 0.25) is 11.2 Å². The van der Waals surface area contributed by atoms with Crippen molar-refractivity contribution in [1.29, 1.82) is 0 Å². The van der Waals surface area contributed by atoms with Gasteiger partial charge in [-0.15, -0.1) is 0 Å². The number of hydrogen-bond donors (Lipinski definition) is 0. The number of benzene rings is 2. The number of carbonyl (C=O) groups is 1. The van der Waals surface area contributed by atoms with Crippen LogP contribution in [0, 0.1) is 5.41 Å². The zero-order chi connectivity index (χ0) is 22.3. The molecule has 1 heterocycles. The van der Waals surface area contributed by atoms with E-state index in [0.717, 1.165) is 6.07 Å². The Balaban J connectivity index is 2.14. The molecule has 0 atom stereocenters. The lowest BCUT2D eigenvalue weighted by atomic mass is 9.92. The summed E-state index contributed by atoms with van der Waals surface area (Å²) in [4.78, 5) is 24.9. The van der Waals surface area contributed by atoms with Crippen LogP contribution in [0.2, 0.25) is 5.02 Å². The van der Waals surface area contributed by atoms with Crippen LogP contribution in [0.3, 0.4) is 0 Å². The molecule has 0 saturated heterocycles. The van der Waals surface area contributed by atoms with E-state index in [1.54, 1.807) is 0 Å². The van der Waals surface area contributed by atoms with Crippen LogP contribution in [0.5, 0.6) is 5.75 Å². The smallest absolute Gasteiger partial charge is 0.450 e. The summed E-state index contributed by atoms with van der Waals surface area (Å²) >= 11 is 5.80. The molecular weight excluding hydrogens is 421 g/mol. The number of halogens is 4. The fourth-order valence-electron chi connectivity index (χ4n) is 2.92. The highest BCUT2D eigenvalue weighted by Gasteiger charge is 2.39. The van der Waals surface area contributed by atoms with Crippen LogP contribution in [0.25, 0.3) is 22.1 Å². The summed E-state index contributed by atoms with van der Waals surface area (Å²) in [5, 5.41) is 0.253. The molecule has 0 unspecified atom stereocenters. The van der Waals surface area contributed by atoms with E-state index in [2.05, 4.69) is 0 Å². The highest BCUT2D eigenvalue weighted by Crippen LogP contribution is 2.38. The van der Waals surface area contributed by atoms with Gasteiger partial charge in [0.15, 0.2) is 0 Å². The Morgan fingerprint density at radius 2 is 1.70 bits per heavy atom. The van der Waals surface area contributed by atoms with E-state index in [4.69, 9.17) is 20.8 Å². The van der Waals surface area contributed by atoms with E-state index in [-0.39, 0.29) is 34.1 Å². The number of hydrogen-bond acceptors (Lipinski definition) is 4. The van der Waals surface area contributed by atoms with Crippen molar-refractivity contribution in [2.75, 3.05) is 0 Å². The van der Waals surface area contributed by atoms with E-state index in [0.29, 0.717) is 5.02 Å². The summed E-state index contributed by atoms with van der Waals surface area (Å²) in [5.74, 6) is -1.98. The quantitative estimate of drug-likeness (QED) is 0.347. The highest BCUT2D eigenvalue weighted by molar-refractivity contribution is 6.30. The van der Waals surface area contributed by atoms with Crippen LogP contribution in [0.1, 0.15) is 33.0 Å². The predicted octanol–water partition coefficient (Wildman–Crippen LogP) is 6.47. The summed E-state index contributed by atoms with van der Waals surface area (Å²) < 4.78 is 51.3. The summed E-state index contributed by atoms with van der Waals surface area (Å²) in [5.41, 5.74) is -2.07. The van der Waals surface area contributed by atoms with Crippen molar-refractivity contribution >= 4 is 28.5 Å². The van der Waals surface area contributed by atoms with Gasteiger partial charge in [-0.3, -0.25) is 9.59 Å². The Kier molecular flexibility index (Phi) is 5.69. The topological polar surface area (TPSA) is 56.5 Å². The van der Waals surface area contributed by atoms with Crippen LogP contribution >= 0.6 is 11.6 Å². The zero-order valence-corrected chi connectivity index (χ0v) is 17.1. The maximum atomic E-state index is 13.7. The number of carbonyl (C=O) groups excluding carboxylic acids is 1. The molecule has 0 aliphatic carbocycles. The third-order valence-electron chi connectivity index (χ3n) is 4.16. The van der Waals surface area contributed by atoms with Crippen LogP contribution in [-0.4, -0.2) is 5.97 Å². The molecule has 2 aromatic carbocycles. The normalized spacial score (nSPS) is 12.2. The summed E-state index contributed by atoms with van der Waals surface area (Å²) in [6.07, 6.45) is -4.81. The lowest BCUT2D eigenvalue weighted by Crippen LogP contribution is -2.18. The fraction of sp³-hybridized carbons (Fsp3) is 0.273. The number of ether oxygens (including phenoxy) is 1. The molecule has 0 aliphatic rings. The van der Waals surface area contributed by atoms with Gasteiger partial charge in [0.05, 0.1) is 17.4 Å². The van der Waals surface area contributed by atoms with Crippen LogP contribution in [0.4, 0.5) is 13.2 Å². The van der Waals surface area contributed by atoms with Gasteiger partial charge in [-0.1, -0.05) is 44.5 Å². The minimum Gasteiger partial charge on any atom is -0.450 e. The van der Waals surface area contributed by atoms with Gasteiger partial charge in [0, 0.05) is 11.1 Å². The standard InChI is InChI=1S/C22H18ClF3O4/c1-21(2,3)11-17(27)29-14-8-9-15-16(10-14)30-20(22(24,25)26)18(19(15)28)12-4-6-13(23)7-5-12/h4-10H,11H2,1-3H3. The minimum atomic E-state index is -4.92. The Morgan fingerprint density at radius 3 is 2.27 bits per heavy atom. The van der Waals surface area contributed by atoms with E-state index < -0.39 is 28.9 Å². The molecule has 3 aromatic rings. The maximum absolute atomic E-state index is 13.7. The number of fused-ring (bicyclic) bond motifs is 1. The van der Waals surface area contributed by atoms with Gasteiger partial charge in [0.1, 0.15) is 11.3 Å². The molecule has 0 saturated carbocycles. The molecule has 4 nitrogen and oxygen atoms in total. The van der Waals surface area contributed by atoms with Gasteiger partial charge in [-0.25, -0.2) is 0 Å². The van der Waals surface area contributed by atoms with Gasteiger partial charge in [-0.2, -0.15) is 13.2 Å². The number of esters is 1. The second-order valence-corrected chi connectivity index (χ2v) is 8.45. The molecule has 1 aromatic heterocycles. The molecule has 0 fully saturated rings. The lowest BCUT2D eigenvalue weighted by Gasteiger charge is -2.16. The minimum absolute atomic E-state index is 0.00716. The maximum Gasteiger partial charge on any atom is 0.450 e. The van der Waals surface area contributed by atoms with Crippen molar-refractivity contribution in [3.8, 4) is 16.9 Å². The molecule has 8 heteroatoms. The van der Waals surface area contributed by atoms with Crippen LogP contribution in [-0.2, 0) is 11.0 Å².